The third-order valence-electron chi connectivity index (χ3n) is 3.96. The molecule has 3 nitrogen and oxygen atoms in total. The Kier molecular flexibility index (Phi) is 7.86. The van der Waals surface area contributed by atoms with Crippen LogP contribution in [-0.4, -0.2) is 24.0 Å². The maximum Gasteiger partial charge on any atom is 0.241 e. The van der Waals surface area contributed by atoms with Crippen LogP contribution in [0.15, 0.2) is 54.6 Å². The molecule has 0 aromatic heterocycles. The minimum atomic E-state index is -0.442. The van der Waals surface area contributed by atoms with Gasteiger partial charge in [-0.05, 0) is 61.0 Å². The van der Waals surface area contributed by atoms with Crippen molar-refractivity contribution < 1.29 is 4.79 Å². The zero-order valence-electron chi connectivity index (χ0n) is 14.2. The molecule has 0 spiro atoms. The highest BCUT2D eigenvalue weighted by Crippen LogP contribution is 2.13. The summed E-state index contributed by atoms with van der Waals surface area (Å²) in [6.45, 7) is 0. The number of thioether (sulfide) groups is 1. The summed E-state index contributed by atoms with van der Waals surface area (Å²) < 4.78 is 0. The molecule has 0 bridgehead atoms. The van der Waals surface area contributed by atoms with Crippen LogP contribution in [0.5, 0.6) is 0 Å². The number of benzene rings is 2. The van der Waals surface area contributed by atoms with Crippen LogP contribution in [-0.2, 0) is 17.6 Å². The molecule has 2 aromatic carbocycles. The van der Waals surface area contributed by atoms with E-state index >= 15 is 0 Å². The summed E-state index contributed by atoms with van der Waals surface area (Å²) in [6, 6.07) is 18.2. The molecule has 2 aromatic rings. The molecule has 1 atom stereocenters. The van der Waals surface area contributed by atoms with Crippen LogP contribution in [0.1, 0.15) is 24.0 Å². The molecule has 0 aliphatic rings. The Morgan fingerprint density at radius 3 is 2.29 bits per heavy atom. The van der Waals surface area contributed by atoms with Crippen molar-refractivity contribution in [3.63, 3.8) is 0 Å². The van der Waals surface area contributed by atoms with E-state index in [1.165, 1.54) is 11.1 Å². The molecule has 3 N–H and O–H groups in total. The van der Waals surface area contributed by atoms with Gasteiger partial charge in [0.1, 0.15) is 0 Å². The zero-order valence-corrected chi connectivity index (χ0v) is 15.0. The van der Waals surface area contributed by atoms with Gasteiger partial charge in [-0.1, -0.05) is 42.5 Å². The molecule has 1 amide bonds. The third kappa shape index (κ3) is 6.38. The van der Waals surface area contributed by atoms with E-state index in [0.717, 1.165) is 30.7 Å². The van der Waals surface area contributed by atoms with Crippen LogP contribution < -0.4 is 11.1 Å². The second kappa shape index (κ2) is 10.2. The fraction of sp³-hybridized carbons (Fsp3) is 0.350. The first-order valence-corrected chi connectivity index (χ1v) is 9.76. The largest absolute Gasteiger partial charge is 0.325 e. The van der Waals surface area contributed by atoms with Gasteiger partial charge in [-0.25, -0.2) is 0 Å². The maximum atomic E-state index is 12.0. The Morgan fingerprint density at radius 1 is 1.04 bits per heavy atom. The second-order valence-electron chi connectivity index (χ2n) is 5.91. The molecule has 0 fully saturated rings. The molecule has 0 aliphatic heterocycles. The quantitative estimate of drug-likeness (QED) is 0.727. The fourth-order valence-electron chi connectivity index (χ4n) is 2.51. The van der Waals surface area contributed by atoms with E-state index in [1.807, 2.05) is 24.5 Å². The number of anilines is 1. The van der Waals surface area contributed by atoms with Gasteiger partial charge in [-0.15, -0.1) is 0 Å². The van der Waals surface area contributed by atoms with Gasteiger partial charge in [0, 0.05) is 5.69 Å². The lowest BCUT2D eigenvalue weighted by Crippen LogP contribution is -2.36. The minimum absolute atomic E-state index is 0.110. The fourth-order valence-corrected chi connectivity index (χ4v) is 3.00. The number of nitrogens with one attached hydrogen (secondary N) is 1. The molecule has 0 saturated heterocycles. The predicted molar refractivity (Wildman–Crippen MR) is 105 cm³/mol. The third-order valence-corrected chi connectivity index (χ3v) is 4.61. The second-order valence-corrected chi connectivity index (χ2v) is 6.90. The summed E-state index contributed by atoms with van der Waals surface area (Å²) in [5.74, 6) is 0.787. The van der Waals surface area contributed by atoms with Gasteiger partial charge in [0.25, 0.3) is 0 Å². The highest BCUT2D eigenvalue weighted by molar-refractivity contribution is 7.98. The minimum Gasteiger partial charge on any atom is -0.325 e. The maximum absolute atomic E-state index is 12.0. The Balaban J connectivity index is 1.77. The number of amides is 1. The van der Waals surface area contributed by atoms with Crippen molar-refractivity contribution >= 4 is 23.4 Å². The Hall–Kier alpha value is -1.78. The summed E-state index contributed by atoms with van der Waals surface area (Å²) in [6.07, 6.45) is 5.96. The number of rotatable bonds is 9. The van der Waals surface area contributed by atoms with Gasteiger partial charge in [0.15, 0.2) is 0 Å². The van der Waals surface area contributed by atoms with Crippen LogP contribution in [0, 0.1) is 0 Å². The number of nitrogens with two attached hydrogens (primary N) is 1. The molecule has 0 heterocycles. The topological polar surface area (TPSA) is 55.1 Å². The van der Waals surface area contributed by atoms with E-state index in [-0.39, 0.29) is 5.91 Å². The molecule has 0 aliphatic carbocycles. The number of aryl methyl sites for hydroxylation is 2. The van der Waals surface area contributed by atoms with Gasteiger partial charge >= 0.3 is 0 Å². The Bertz CT molecular complexity index is 613. The molecule has 0 saturated carbocycles. The first-order chi connectivity index (χ1) is 11.7. The van der Waals surface area contributed by atoms with Gasteiger partial charge in [-0.3, -0.25) is 4.79 Å². The van der Waals surface area contributed by atoms with Gasteiger partial charge in [0.2, 0.25) is 5.91 Å². The monoisotopic (exact) mass is 342 g/mol. The Labute approximate surface area is 149 Å². The number of carbonyl (C=O) groups is 1. The molecule has 24 heavy (non-hydrogen) atoms. The SMILES string of the molecule is CSCC[C@H](N)C(=O)Nc1ccc(CCCc2ccccc2)cc1. The van der Waals surface area contributed by atoms with Crippen molar-refractivity contribution in [1.82, 2.24) is 0 Å². The first kappa shape index (κ1) is 18.6. The van der Waals surface area contributed by atoms with Gasteiger partial charge in [0.05, 0.1) is 6.04 Å². The van der Waals surface area contributed by atoms with Crippen LogP contribution in [0.3, 0.4) is 0 Å². The van der Waals surface area contributed by atoms with Crippen molar-refractivity contribution in [2.24, 2.45) is 5.73 Å². The zero-order chi connectivity index (χ0) is 17.2. The Morgan fingerprint density at radius 2 is 1.67 bits per heavy atom. The summed E-state index contributed by atoms with van der Waals surface area (Å²) in [5, 5.41) is 2.89. The van der Waals surface area contributed by atoms with E-state index < -0.39 is 6.04 Å². The molecule has 128 valence electrons. The average molecular weight is 343 g/mol. The van der Waals surface area contributed by atoms with Crippen molar-refractivity contribution in [2.45, 2.75) is 31.7 Å². The van der Waals surface area contributed by atoms with Gasteiger partial charge in [-0.2, -0.15) is 11.8 Å². The highest BCUT2D eigenvalue weighted by Gasteiger charge is 2.12. The summed E-state index contributed by atoms with van der Waals surface area (Å²) >= 11 is 1.70. The van der Waals surface area contributed by atoms with E-state index in [0.29, 0.717) is 6.42 Å². The average Bonchev–Trinajstić information content (AvgIpc) is 2.62. The van der Waals surface area contributed by atoms with E-state index in [1.54, 1.807) is 11.8 Å². The number of hydrogen-bond acceptors (Lipinski definition) is 3. The molecule has 2 rings (SSSR count). The smallest absolute Gasteiger partial charge is 0.241 e. The van der Waals surface area contributed by atoms with Gasteiger partial charge < -0.3 is 11.1 Å². The van der Waals surface area contributed by atoms with E-state index in [4.69, 9.17) is 5.73 Å². The van der Waals surface area contributed by atoms with Crippen molar-refractivity contribution in [3.8, 4) is 0 Å². The molecule has 0 radical (unpaired) electrons. The van der Waals surface area contributed by atoms with E-state index in [2.05, 4.69) is 41.7 Å². The summed E-state index contributed by atoms with van der Waals surface area (Å²) in [5.41, 5.74) is 9.35. The standard InChI is InChI=1S/C20H26N2OS/c1-24-15-14-19(21)20(23)22-18-12-10-17(11-13-18)9-5-8-16-6-3-2-4-7-16/h2-4,6-7,10-13,19H,5,8-9,14-15,21H2,1H3,(H,22,23)/t19-/m0/s1. The van der Waals surface area contributed by atoms with Crippen LogP contribution in [0.25, 0.3) is 0 Å². The normalized spacial score (nSPS) is 11.9. The summed E-state index contributed by atoms with van der Waals surface area (Å²) in [4.78, 5) is 12.0. The lowest BCUT2D eigenvalue weighted by atomic mass is 10.0. The van der Waals surface area contributed by atoms with Crippen LogP contribution in [0.4, 0.5) is 5.69 Å². The molecule has 4 heteroatoms. The van der Waals surface area contributed by atoms with Crippen LogP contribution in [0.2, 0.25) is 0 Å². The summed E-state index contributed by atoms with van der Waals surface area (Å²) in [7, 11) is 0. The molecular formula is C20H26N2OS. The predicted octanol–water partition coefficient (Wildman–Crippen LogP) is 3.88. The van der Waals surface area contributed by atoms with Crippen molar-refractivity contribution in [1.29, 1.82) is 0 Å². The van der Waals surface area contributed by atoms with Crippen molar-refractivity contribution in [3.05, 3.63) is 65.7 Å². The van der Waals surface area contributed by atoms with Crippen LogP contribution >= 0.6 is 11.8 Å². The lowest BCUT2D eigenvalue weighted by molar-refractivity contribution is -0.117. The van der Waals surface area contributed by atoms with Crippen molar-refractivity contribution in [2.75, 3.05) is 17.3 Å². The number of hydrogen-bond donors (Lipinski definition) is 2. The first-order valence-electron chi connectivity index (χ1n) is 8.37. The number of carbonyl (C=O) groups excluding carboxylic acids is 1. The van der Waals surface area contributed by atoms with E-state index in [9.17, 15) is 4.79 Å². The highest BCUT2D eigenvalue weighted by atomic mass is 32.2. The molecular weight excluding hydrogens is 316 g/mol. The molecule has 0 unspecified atom stereocenters. The lowest BCUT2D eigenvalue weighted by Gasteiger charge is -2.12.